The van der Waals surface area contributed by atoms with E-state index in [9.17, 15) is 9.59 Å². The number of anilines is 2. The first-order valence-electron chi connectivity index (χ1n) is 10.9. The van der Waals surface area contributed by atoms with Crippen molar-refractivity contribution in [2.24, 2.45) is 4.99 Å². The van der Waals surface area contributed by atoms with Crippen LogP contribution in [-0.4, -0.2) is 37.4 Å². The van der Waals surface area contributed by atoms with Crippen molar-refractivity contribution in [3.8, 4) is 0 Å². The molecule has 2 aromatic rings. The lowest BCUT2D eigenvalue weighted by molar-refractivity contribution is -0.117. The second kappa shape index (κ2) is 11.2. The van der Waals surface area contributed by atoms with Crippen LogP contribution in [-0.2, 0) is 22.6 Å². The van der Waals surface area contributed by atoms with Crippen molar-refractivity contribution in [2.75, 3.05) is 29.9 Å². The molecule has 0 aromatic heterocycles. The van der Waals surface area contributed by atoms with E-state index in [1.54, 1.807) is 0 Å². The number of hydrogen-bond acceptors (Lipinski definition) is 3. The van der Waals surface area contributed by atoms with Crippen molar-refractivity contribution in [3.63, 3.8) is 0 Å². The zero-order valence-electron chi connectivity index (χ0n) is 18.3. The third-order valence-electron chi connectivity index (χ3n) is 5.12. The van der Waals surface area contributed by atoms with Gasteiger partial charge in [-0.3, -0.25) is 9.59 Å². The fourth-order valence-corrected chi connectivity index (χ4v) is 3.45. The second-order valence-electron chi connectivity index (χ2n) is 7.47. The maximum Gasteiger partial charge on any atom is 0.243 e. The molecule has 31 heavy (non-hydrogen) atoms. The minimum atomic E-state index is -0.126. The lowest BCUT2D eigenvalue weighted by Gasteiger charge is -2.16. The minimum Gasteiger partial charge on any atom is -0.357 e. The summed E-state index contributed by atoms with van der Waals surface area (Å²) in [5.74, 6) is 0.640. The third-order valence-corrected chi connectivity index (χ3v) is 5.12. The second-order valence-corrected chi connectivity index (χ2v) is 7.47. The van der Waals surface area contributed by atoms with Crippen LogP contribution in [0, 0.1) is 0 Å². The van der Waals surface area contributed by atoms with Crippen LogP contribution in [0.5, 0.6) is 0 Å². The van der Waals surface area contributed by atoms with Crippen LogP contribution in [0.1, 0.15) is 37.8 Å². The molecule has 7 nitrogen and oxygen atoms in total. The normalized spacial score (nSPS) is 13.9. The highest BCUT2D eigenvalue weighted by Crippen LogP contribution is 2.21. The van der Waals surface area contributed by atoms with Crippen LogP contribution in [0.15, 0.2) is 53.5 Å². The largest absolute Gasteiger partial charge is 0.357 e. The van der Waals surface area contributed by atoms with E-state index in [1.165, 1.54) is 5.56 Å². The zero-order chi connectivity index (χ0) is 22.1. The molecule has 0 unspecified atom stereocenters. The van der Waals surface area contributed by atoms with Crippen LogP contribution in [0.25, 0.3) is 0 Å². The number of benzene rings is 2. The van der Waals surface area contributed by atoms with Crippen molar-refractivity contribution in [2.45, 2.75) is 39.7 Å². The van der Waals surface area contributed by atoms with Crippen LogP contribution < -0.4 is 20.9 Å². The molecule has 1 fully saturated rings. The Morgan fingerprint density at radius 3 is 2.55 bits per heavy atom. The number of aryl methyl sites for hydroxylation is 1. The Morgan fingerprint density at radius 1 is 1.06 bits per heavy atom. The van der Waals surface area contributed by atoms with E-state index in [0.717, 1.165) is 36.3 Å². The molecule has 1 saturated heterocycles. The van der Waals surface area contributed by atoms with Gasteiger partial charge in [0.25, 0.3) is 0 Å². The van der Waals surface area contributed by atoms with Gasteiger partial charge in [0, 0.05) is 30.9 Å². The summed E-state index contributed by atoms with van der Waals surface area (Å²) in [6.07, 6.45) is 2.47. The molecular weight excluding hydrogens is 390 g/mol. The number of rotatable bonds is 8. The summed E-state index contributed by atoms with van der Waals surface area (Å²) in [5.41, 5.74) is 3.95. The fraction of sp³-hybridized carbons (Fsp3) is 0.375. The van der Waals surface area contributed by atoms with Crippen LogP contribution in [0.2, 0.25) is 0 Å². The monoisotopic (exact) mass is 421 g/mol. The molecule has 2 amide bonds. The highest BCUT2D eigenvalue weighted by Gasteiger charge is 2.21. The number of carbonyl (C=O) groups excluding carboxylic acids is 2. The average Bonchev–Trinajstić information content (AvgIpc) is 3.22. The third kappa shape index (κ3) is 6.57. The Bertz CT molecular complexity index is 924. The Morgan fingerprint density at radius 2 is 1.87 bits per heavy atom. The van der Waals surface area contributed by atoms with Gasteiger partial charge < -0.3 is 20.9 Å². The van der Waals surface area contributed by atoms with Gasteiger partial charge in [-0.05, 0) is 55.2 Å². The number of amides is 2. The lowest BCUT2D eigenvalue weighted by Crippen LogP contribution is -2.41. The van der Waals surface area contributed by atoms with E-state index in [1.807, 2.05) is 60.4 Å². The standard InChI is InChI=1S/C24H31N5O2/c1-3-18-7-5-8-20(15-18)28-22(30)17-27-24(25-4-2)26-16-19-10-12-21(13-11-19)29-14-6-9-23(29)31/h5,7-8,10-13,15H,3-4,6,9,14,16-17H2,1-2H3,(H,28,30)(H2,25,26,27). The van der Waals surface area contributed by atoms with E-state index in [4.69, 9.17) is 0 Å². The first-order chi connectivity index (χ1) is 15.1. The van der Waals surface area contributed by atoms with Gasteiger partial charge in [0.2, 0.25) is 11.8 Å². The van der Waals surface area contributed by atoms with Gasteiger partial charge in [0.1, 0.15) is 0 Å². The molecule has 7 heteroatoms. The molecule has 2 aromatic carbocycles. The number of hydrogen-bond donors (Lipinski definition) is 3. The molecule has 0 bridgehead atoms. The van der Waals surface area contributed by atoms with Crippen molar-refractivity contribution in [1.29, 1.82) is 0 Å². The maximum absolute atomic E-state index is 12.3. The van der Waals surface area contributed by atoms with Gasteiger partial charge >= 0.3 is 0 Å². The molecule has 1 aliphatic rings. The summed E-state index contributed by atoms with van der Waals surface area (Å²) in [6.45, 7) is 6.15. The first-order valence-corrected chi connectivity index (χ1v) is 10.9. The molecule has 0 atom stereocenters. The number of carbonyl (C=O) groups is 2. The molecule has 1 aliphatic heterocycles. The predicted molar refractivity (Wildman–Crippen MR) is 125 cm³/mol. The summed E-state index contributed by atoms with van der Waals surface area (Å²) in [7, 11) is 0. The Labute approximate surface area is 183 Å². The smallest absolute Gasteiger partial charge is 0.243 e. The van der Waals surface area contributed by atoms with Gasteiger partial charge in [-0.15, -0.1) is 0 Å². The van der Waals surface area contributed by atoms with Gasteiger partial charge in [0.05, 0.1) is 13.1 Å². The van der Waals surface area contributed by atoms with Gasteiger partial charge in [0.15, 0.2) is 5.96 Å². The van der Waals surface area contributed by atoms with E-state index in [-0.39, 0.29) is 18.4 Å². The van der Waals surface area contributed by atoms with Crippen molar-refractivity contribution >= 4 is 29.1 Å². The van der Waals surface area contributed by atoms with E-state index in [0.29, 0.717) is 25.5 Å². The van der Waals surface area contributed by atoms with Gasteiger partial charge in [-0.25, -0.2) is 4.99 Å². The fourth-order valence-electron chi connectivity index (χ4n) is 3.45. The summed E-state index contributed by atoms with van der Waals surface area (Å²) in [4.78, 5) is 30.6. The predicted octanol–water partition coefficient (Wildman–Crippen LogP) is 3.07. The van der Waals surface area contributed by atoms with E-state index >= 15 is 0 Å². The quantitative estimate of drug-likeness (QED) is 0.452. The SMILES string of the molecule is CCNC(=NCc1ccc(N2CCCC2=O)cc1)NCC(=O)Nc1cccc(CC)c1. The molecular formula is C24H31N5O2. The molecule has 164 valence electrons. The number of guanidine groups is 1. The number of aliphatic imine (C=N–C) groups is 1. The Hall–Kier alpha value is -3.35. The van der Waals surface area contributed by atoms with Crippen LogP contribution in [0.4, 0.5) is 11.4 Å². The average molecular weight is 422 g/mol. The highest BCUT2D eigenvalue weighted by molar-refractivity contribution is 5.95. The summed E-state index contributed by atoms with van der Waals surface area (Å²) in [5, 5.41) is 9.14. The molecule has 1 heterocycles. The van der Waals surface area contributed by atoms with Crippen LogP contribution >= 0.6 is 0 Å². The number of nitrogens with zero attached hydrogens (tertiary/aromatic N) is 2. The topological polar surface area (TPSA) is 85.8 Å². The van der Waals surface area contributed by atoms with Crippen molar-refractivity contribution in [1.82, 2.24) is 10.6 Å². The molecule has 3 N–H and O–H groups in total. The Balaban J connectivity index is 1.53. The molecule has 0 saturated carbocycles. The summed E-state index contributed by atoms with van der Waals surface area (Å²) < 4.78 is 0. The van der Waals surface area contributed by atoms with Crippen molar-refractivity contribution in [3.05, 3.63) is 59.7 Å². The van der Waals surface area contributed by atoms with E-state index in [2.05, 4.69) is 27.9 Å². The maximum atomic E-state index is 12.3. The zero-order valence-corrected chi connectivity index (χ0v) is 18.3. The van der Waals surface area contributed by atoms with E-state index < -0.39 is 0 Å². The van der Waals surface area contributed by atoms with Crippen LogP contribution in [0.3, 0.4) is 0 Å². The summed E-state index contributed by atoms with van der Waals surface area (Å²) >= 11 is 0. The lowest BCUT2D eigenvalue weighted by atomic mass is 10.1. The molecule has 0 spiro atoms. The molecule has 0 radical (unpaired) electrons. The first kappa shape index (κ1) is 22.3. The van der Waals surface area contributed by atoms with Gasteiger partial charge in [-0.2, -0.15) is 0 Å². The number of nitrogens with one attached hydrogen (secondary N) is 3. The highest BCUT2D eigenvalue weighted by atomic mass is 16.2. The summed E-state index contributed by atoms with van der Waals surface area (Å²) in [6, 6.07) is 15.8. The minimum absolute atomic E-state index is 0.123. The molecule has 0 aliphatic carbocycles. The van der Waals surface area contributed by atoms with Gasteiger partial charge in [-0.1, -0.05) is 31.2 Å². The van der Waals surface area contributed by atoms with Crippen molar-refractivity contribution < 1.29 is 9.59 Å². The molecule has 3 rings (SSSR count). The Kier molecular flexibility index (Phi) is 8.04.